The van der Waals surface area contributed by atoms with Gasteiger partial charge in [0.25, 0.3) is 5.95 Å². The lowest BCUT2D eigenvalue weighted by molar-refractivity contribution is 0.0697. The number of halogens is 1. The molecule has 9 heteroatoms. The molecule has 0 spiro atoms. The van der Waals surface area contributed by atoms with Crippen molar-refractivity contribution in [1.29, 1.82) is 0 Å². The molecule has 2 aromatic heterocycles. The van der Waals surface area contributed by atoms with Crippen molar-refractivity contribution in [3.05, 3.63) is 70.8 Å². The molecule has 0 aliphatic rings. The van der Waals surface area contributed by atoms with Crippen LogP contribution in [-0.2, 0) is 6.54 Å². The zero-order valence-electron chi connectivity index (χ0n) is 18.2. The highest BCUT2D eigenvalue weighted by atomic mass is 19.1. The summed E-state index contributed by atoms with van der Waals surface area (Å²) in [6, 6.07) is 9.12. The normalized spacial score (nSPS) is 11.0. The summed E-state index contributed by atoms with van der Waals surface area (Å²) in [6.45, 7) is 4.55. The maximum Gasteiger partial charge on any atom is 0.338 e. The Balaban J connectivity index is 1.75. The quantitative estimate of drug-likeness (QED) is 0.474. The van der Waals surface area contributed by atoms with Crippen molar-refractivity contribution in [1.82, 2.24) is 19.7 Å². The molecular formula is C23H23FN6O2. The zero-order valence-corrected chi connectivity index (χ0v) is 18.2. The van der Waals surface area contributed by atoms with Crippen molar-refractivity contribution in [3.8, 4) is 5.95 Å². The van der Waals surface area contributed by atoms with Crippen LogP contribution in [0.3, 0.4) is 0 Å². The van der Waals surface area contributed by atoms with Crippen molar-refractivity contribution >= 4 is 28.4 Å². The topological polar surface area (TPSA) is 96.2 Å². The third-order valence-electron chi connectivity index (χ3n) is 5.31. The van der Waals surface area contributed by atoms with Gasteiger partial charge in [-0.05, 0) is 36.6 Å². The number of nitrogens with zero attached hydrogens (tertiary/aromatic N) is 5. The Labute approximate surface area is 184 Å². The molecular weight excluding hydrogens is 411 g/mol. The summed E-state index contributed by atoms with van der Waals surface area (Å²) in [5, 5.41) is 17.0. The summed E-state index contributed by atoms with van der Waals surface area (Å²) in [5.74, 6) is -0.822. The zero-order chi connectivity index (χ0) is 23.0. The predicted molar refractivity (Wildman–Crippen MR) is 121 cm³/mol. The molecule has 164 valence electrons. The number of hydrogen-bond donors (Lipinski definition) is 2. The molecule has 0 aliphatic heterocycles. The first-order chi connectivity index (χ1) is 15.2. The lowest BCUT2D eigenvalue weighted by atomic mass is 10.0. The van der Waals surface area contributed by atoms with Crippen LogP contribution in [-0.4, -0.2) is 44.9 Å². The standard InChI is InChI=1S/C23H23FN6O2/c1-13-6-5-7-14(2)17(13)11-25-20-8-16-19(9-18(20)24)27-23(28-21(16)29(3)4)30-12-15(10-26-30)22(31)32/h5-10,12,25H,11H2,1-4H3,(H,31,32). The lowest BCUT2D eigenvalue weighted by Gasteiger charge is -2.17. The number of carboxylic acids is 1. The van der Waals surface area contributed by atoms with Gasteiger partial charge in [0.15, 0.2) is 0 Å². The summed E-state index contributed by atoms with van der Waals surface area (Å²) in [7, 11) is 3.65. The van der Waals surface area contributed by atoms with Crippen LogP contribution in [0.25, 0.3) is 16.9 Å². The van der Waals surface area contributed by atoms with Gasteiger partial charge in [-0.3, -0.25) is 0 Å². The van der Waals surface area contributed by atoms with Crippen LogP contribution in [0.2, 0.25) is 0 Å². The van der Waals surface area contributed by atoms with Gasteiger partial charge in [0, 0.05) is 38.3 Å². The highest BCUT2D eigenvalue weighted by molar-refractivity contribution is 5.92. The fraction of sp³-hybridized carbons (Fsp3) is 0.217. The molecule has 0 bridgehead atoms. The van der Waals surface area contributed by atoms with E-state index in [0.29, 0.717) is 29.0 Å². The van der Waals surface area contributed by atoms with E-state index in [1.54, 1.807) is 11.0 Å². The number of carboxylic acid groups (broad SMARTS) is 1. The number of benzene rings is 2. The van der Waals surface area contributed by atoms with Crippen LogP contribution in [0.15, 0.2) is 42.7 Å². The second kappa shape index (κ2) is 8.26. The smallest absolute Gasteiger partial charge is 0.338 e. The minimum atomic E-state index is -1.10. The molecule has 0 aliphatic carbocycles. The number of fused-ring (bicyclic) bond motifs is 1. The molecule has 0 saturated heterocycles. The molecule has 0 fully saturated rings. The minimum Gasteiger partial charge on any atom is -0.478 e. The van der Waals surface area contributed by atoms with Crippen molar-refractivity contribution < 1.29 is 14.3 Å². The van der Waals surface area contributed by atoms with Crippen LogP contribution in [0.4, 0.5) is 15.9 Å². The Morgan fingerprint density at radius 1 is 1.19 bits per heavy atom. The molecule has 4 aromatic rings. The summed E-state index contributed by atoms with van der Waals surface area (Å²) in [6.07, 6.45) is 2.53. The number of nitrogens with one attached hydrogen (secondary N) is 1. The summed E-state index contributed by atoms with van der Waals surface area (Å²) < 4.78 is 16.2. The Morgan fingerprint density at radius 3 is 2.53 bits per heavy atom. The van der Waals surface area contributed by atoms with Gasteiger partial charge in [-0.25, -0.2) is 18.9 Å². The van der Waals surface area contributed by atoms with Crippen LogP contribution in [0.5, 0.6) is 0 Å². The maximum atomic E-state index is 15.0. The maximum absolute atomic E-state index is 15.0. The Kier molecular flexibility index (Phi) is 5.48. The lowest BCUT2D eigenvalue weighted by Crippen LogP contribution is -2.14. The second-order valence-corrected chi connectivity index (χ2v) is 7.79. The molecule has 0 radical (unpaired) electrons. The van der Waals surface area contributed by atoms with E-state index in [9.17, 15) is 9.18 Å². The van der Waals surface area contributed by atoms with Gasteiger partial charge >= 0.3 is 5.97 Å². The monoisotopic (exact) mass is 434 g/mol. The number of aromatic carboxylic acids is 1. The molecule has 0 saturated carbocycles. The molecule has 4 rings (SSSR count). The van der Waals surface area contributed by atoms with Crippen LogP contribution >= 0.6 is 0 Å². The van der Waals surface area contributed by atoms with Crippen LogP contribution < -0.4 is 10.2 Å². The third-order valence-corrected chi connectivity index (χ3v) is 5.31. The van der Waals surface area contributed by atoms with E-state index in [1.807, 2.05) is 46.1 Å². The number of rotatable bonds is 6. The third kappa shape index (κ3) is 3.96. The summed E-state index contributed by atoms with van der Waals surface area (Å²) in [5.41, 5.74) is 4.16. The molecule has 32 heavy (non-hydrogen) atoms. The van der Waals surface area contributed by atoms with Crippen molar-refractivity contribution in [2.24, 2.45) is 0 Å². The number of aryl methyl sites for hydroxylation is 2. The average molecular weight is 434 g/mol. The van der Waals surface area contributed by atoms with Crippen molar-refractivity contribution in [2.75, 3.05) is 24.3 Å². The molecule has 2 N–H and O–H groups in total. The van der Waals surface area contributed by atoms with Crippen LogP contribution in [0.1, 0.15) is 27.0 Å². The van der Waals surface area contributed by atoms with Gasteiger partial charge in [-0.1, -0.05) is 18.2 Å². The van der Waals surface area contributed by atoms with E-state index in [4.69, 9.17) is 5.11 Å². The van der Waals surface area contributed by atoms with Gasteiger partial charge in [-0.2, -0.15) is 10.1 Å². The first-order valence-electron chi connectivity index (χ1n) is 10.0. The van der Waals surface area contributed by atoms with Gasteiger partial charge in [0.1, 0.15) is 11.6 Å². The van der Waals surface area contributed by atoms with E-state index in [1.165, 1.54) is 23.1 Å². The van der Waals surface area contributed by atoms with E-state index >= 15 is 0 Å². The van der Waals surface area contributed by atoms with Gasteiger partial charge in [0.05, 0.1) is 23.0 Å². The highest BCUT2D eigenvalue weighted by Gasteiger charge is 2.16. The van der Waals surface area contributed by atoms with Gasteiger partial charge < -0.3 is 15.3 Å². The largest absolute Gasteiger partial charge is 0.478 e. The summed E-state index contributed by atoms with van der Waals surface area (Å²) in [4.78, 5) is 21.9. The Bertz CT molecular complexity index is 1310. The molecule has 2 aromatic carbocycles. The van der Waals surface area contributed by atoms with E-state index in [-0.39, 0.29) is 11.5 Å². The predicted octanol–water partition coefficient (Wildman–Crippen LogP) is 3.95. The minimum absolute atomic E-state index is 0.0114. The highest BCUT2D eigenvalue weighted by Crippen LogP contribution is 2.29. The Hall–Kier alpha value is -4.01. The number of anilines is 2. The fourth-order valence-electron chi connectivity index (χ4n) is 3.55. The second-order valence-electron chi connectivity index (χ2n) is 7.79. The van der Waals surface area contributed by atoms with Crippen LogP contribution in [0, 0.1) is 19.7 Å². The number of aromatic nitrogens is 4. The van der Waals surface area contributed by atoms with E-state index in [0.717, 1.165) is 16.7 Å². The SMILES string of the molecule is Cc1cccc(C)c1CNc1cc2c(N(C)C)nc(-n3cc(C(=O)O)cn3)nc2cc1F. The summed E-state index contributed by atoms with van der Waals surface area (Å²) >= 11 is 0. The molecule has 0 unspecified atom stereocenters. The number of carbonyl (C=O) groups is 1. The molecule has 0 atom stereocenters. The van der Waals surface area contributed by atoms with Gasteiger partial charge in [0.2, 0.25) is 0 Å². The fourth-order valence-corrected chi connectivity index (χ4v) is 3.55. The van der Waals surface area contributed by atoms with Crippen molar-refractivity contribution in [2.45, 2.75) is 20.4 Å². The first kappa shape index (κ1) is 21.2. The van der Waals surface area contributed by atoms with E-state index in [2.05, 4.69) is 20.4 Å². The Morgan fingerprint density at radius 2 is 1.91 bits per heavy atom. The van der Waals surface area contributed by atoms with Crippen molar-refractivity contribution in [3.63, 3.8) is 0 Å². The van der Waals surface area contributed by atoms with Gasteiger partial charge in [-0.15, -0.1) is 0 Å². The number of hydrogen-bond acceptors (Lipinski definition) is 6. The molecule has 2 heterocycles. The molecule has 8 nitrogen and oxygen atoms in total. The van der Waals surface area contributed by atoms with E-state index < -0.39 is 11.8 Å². The molecule has 0 amide bonds. The first-order valence-corrected chi connectivity index (χ1v) is 10.0. The average Bonchev–Trinajstić information content (AvgIpc) is 3.23.